The minimum Gasteiger partial charge on any atom is -0.235 e. The Bertz CT molecular complexity index is 423. The van der Waals surface area contributed by atoms with E-state index in [0.29, 0.717) is 5.65 Å². The number of fused-ring (bicyclic) bond motifs is 1. The molecule has 2 aromatic heterocycles. The van der Waals surface area contributed by atoms with Gasteiger partial charge in [0.15, 0.2) is 11.8 Å². The van der Waals surface area contributed by atoms with Gasteiger partial charge in [0.05, 0.1) is 0 Å². The van der Waals surface area contributed by atoms with Crippen LogP contribution in [0.5, 0.6) is 0 Å². The number of rotatable bonds is 0. The molecule has 2 heterocycles. The summed E-state index contributed by atoms with van der Waals surface area (Å²) in [5.74, 6) is 0. The van der Waals surface area contributed by atoms with Crippen LogP contribution in [0.1, 0.15) is 0 Å². The highest BCUT2D eigenvalue weighted by molar-refractivity contribution is 5.71. The zero-order valence-corrected chi connectivity index (χ0v) is 5.60. The number of hydrogen-bond donors (Lipinski definition) is 0. The molecule has 0 amide bonds. The molecule has 0 aliphatic rings. The number of pyridine rings is 1. The van der Waals surface area contributed by atoms with Crippen LogP contribution in [0, 0.1) is 11.5 Å². The van der Waals surface area contributed by atoms with Gasteiger partial charge in [-0.1, -0.05) is 0 Å². The molecule has 0 atom stereocenters. The van der Waals surface area contributed by atoms with E-state index >= 15 is 0 Å². The third-order valence-corrected chi connectivity index (χ3v) is 1.43. The van der Waals surface area contributed by atoms with Gasteiger partial charge in [-0.3, -0.25) is 0 Å². The van der Waals surface area contributed by atoms with Crippen molar-refractivity contribution in [2.24, 2.45) is 0 Å². The van der Waals surface area contributed by atoms with Crippen LogP contribution < -0.4 is 0 Å². The standard InChI is InChI=1S/C7H4N4/c8-4-11-5-10-7-6(11)2-1-3-9-7/h1-3,5H. The van der Waals surface area contributed by atoms with Gasteiger partial charge in [-0.05, 0) is 12.1 Å². The Morgan fingerprint density at radius 3 is 3.18 bits per heavy atom. The van der Waals surface area contributed by atoms with Crippen LogP contribution in [0.15, 0.2) is 24.7 Å². The fourth-order valence-electron chi connectivity index (χ4n) is 0.930. The molecule has 0 N–H and O–H groups in total. The topological polar surface area (TPSA) is 54.5 Å². The van der Waals surface area contributed by atoms with Crippen molar-refractivity contribution >= 4 is 11.2 Å². The second kappa shape index (κ2) is 2.06. The summed E-state index contributed by atoms with van der Waals surface area (Å²) in [4.78, 5) is 7.89. The van der Waals surface area contributed by atoms with E-state index in [1.807, 2.05) is 6.19 Å². The maximum absolute atomic E-state index is 8.57. The summed E-state index contributed by atoms with van der Waals surface area (Å²) < 4.78 is 1.38. The van der Waals surface area contributed by atoms with Crippen molar-refractivity contribution in [3.05, 3.63) is 24.7 Å². The van der Waals surface area contributed by atoms with Crippen LogP contribution in [0.3, 0.4) is 0 Å². The Balaban J connectivity index is 2.89. The van der Waals surface area contributed by atoms with Crippen LogP contribution in [-0.2, 0) is 0 Å². The SMILES string of the molecule is N#Cn1cnc2ncccc21. The monoisotopic (exact) mass is 144 g/mol. The molecule has 2 aromatic rings. The first-order chi connectivity index (χ1) is 5.42. The highest BCUT2D eigenvalue weighted by Gasteiger charge is 1.99. The summed E-state index contributed by atoms with van der Waals surface area (Å²) in [7, 11) is 0. The summed E-state index contributed by atoms with van der Waals surface area (Å²) in [6, 6.07) is 3.58. The molecule has 0 fully saturated rings. The number of imidazole rings is 1. The second-order valence-corrected chi connectivity index (χ2v) is 2.06. The van der Waals surface area contributed by atoms with Crippen LogP contribution in [0.4, 0.5) is 0 Å². The van der Waals surface area contributed by atoms with Gasteiger partial charge in [-0.25, -0.2) is 14.5 Å². The first kappa shape index (κ1) is 5.86. The number of nitrogens with zero attached hydrogens (tertiary/aromatic N) is 4. The molecule has 0 aromatic carbocycles. The summed E-state index contributed by atoms with van der Waals surface area (Å²) in [6.07, 6.45) is 5.07. The summed E-state index contributed by atoms with van der Waals surface area (Å²) in [5.41, 5.74) is 1.35. The largest absolute Gasteiger partial charge is 0.235 e. The van der Waals surface area contributed by atoms with Crippen LogP contribution in [-0.4, -0.2) is 14.5 Å². The molecule has 0 aliphatic carbocycles. The van der Waals surface area contributed by atoms with E-state index in [1.165, 1.54) is 10.9 Å². The lowest BCUT2D eigenvalue weighted by Gasteiger charge is -1.86. The van der Waals surface area contributed by atoms with Crippen molar-refractivity contribution in [3.63, 3.8) is 0 Å². The van der Waals surface area contributed by atoms with E-state index in [2.05, 4.69) is 9.97 Å². The van der Waals surface area contributed by atoms with E-state index < -0.39 is 0 Å². The average Bonchev–Trinajstić information content (AvgIpc) is 2.47. The zero-order chi connectivity index (χ0) is 7.68. The highest BCUT2D eigenvalue weighted by atomic mass is 15.1. The molecule has 11 heavy (non-hydrogen) atoms. The molecule has 0 spiro atoms. The van der Waals surface area contributed by atoms with Crippen molar-refractivity contribution < 1.29 is 0 Å². The lowest BCUT2D eigenvalue weighted by Crippen LogP contribution is -1.83. The molecule has 0 saturated heterocycles. The van der Waals surface area contributed by atoms with Gasteiger partial charge in [0.25, 0.3) is 0 Å². The van der Waals surface area contributed by atoms with Gasteiger partial charge in [0.1, 0.15) is 11.8 Å². The highest BCUT2D eigenvalue weighted by Crippen LogP contribution is 2.06. The summed E-state index contributed by atoms with van der Waals surface area (Å²) in [6.45, 7) is 0. The first-order valence-electron chi connectivity index (χ1n) is 3.10. The minimum atomic E-state index is 0.606. The van der Waals surface area contributed by atoms with E-state index in [4.69, 9.17) is 5.26 Å². The first-order valence-corrected chi connectivity index (χ1v) is 3.10. The van der Waals surface area contributed by atoms with Crippen LogP contribution in [0.25, 0.3) is 11.2 Å². The van der Waals surface area contributed by atoms with Crippen molar-refractivity contribution in [3.8, 4) is 6.19 Å². The number of nitriles is 1. The molecule has 0 radical (unpaired) electrons. The van der Waals surface area contributed by atoms with E-state index in [1.54, 1.807) is 18.3 Å². The maximum atomic E-state index is 8.57. The van der Waals surface area contributed by atoms with Gasteiger partial charge in [0.2, 0.25) is 0 Å². The molecule has 0 bridgehead atoms. The van der Waals surface area contributed by atoms with Crippen LogP contribution >= 0.6 is 0 Å². The lowest BCUT2D eigenvalue weighted by molar-refractivity contribution is 1.11. The zero-order valence-electron chi connectivity index (χ0n) is 5.60. The molecule has 52 valence electrons. The Hall–Kier alpha value is -1.89. The molecule has 2 rings (SSSR count). The van der Waals surface area contributed by atoms with Crippen LogP contribution in [0.2, 0.25) is 0 Å². The normalized spacial score (nSPS) is 9.73. The maximum Gasteiger partial charge on any atom is 0.190 e. The smallest absolute Gasteiger partial charge is 0.190 e. The molecule has 0 unspecified atom stereocenters. The summed E-state index contributed by atoms with van der Waals surface area (Å²) in [5, 5.41) is 8.57. The van der Waals surface area contributed by atoms with Gasteiger partial charge in [-0.2, -0.15) is 5.26 Å². The average molecular weight is 144 g/mol. The van der Waals surface area contributed by atoms with Crippen molar-refractivity contribution in [2.45, 2.75) is 0 Å². The third kappa shape index (κ3) is 0.749. The number of aromatic nitrogens is 3. The Kier molecular flexibility index (Phi) is 1.10. The summed E-state index contributed by atoms with van der Waals surface area (Å²) >= 11 is 0. The van der Waals surface area contributed by atoms with E-state index in [9.17, 15) is 0 Å². The fourth-order valence-corrected chi connectivity index (χ4v) is 0.930. The predicted octanol–water partition coefficient (Wildman–Crippen LogP) is 0.760. The lowest BCUT2D eigenvalue weighted by atomic mass is 10.4. The van der Waals surface area contributed by atoms with Crippen molar-refractivity contribution in [1.82, 2.24) is 14.5 Å². The van der Waals surface area contributed by atoms with Gasteiger partial charge in [-0.15, -0.1) is 0 Å². The van der Waals surface area contributed by atoms with E-state index in [-0.39, 0.29) is 0 Å². The Labute approximate surface area is 62.7 Å². The van der Waals surface area contributed by atoms with Gasteiger partial charge in [0, 0.05) is 6.20 Å². The molecule has 0 aliphatic heterocycles. The Morgan fingerprint density at radius 1 is 1.45 bits per heavy atom. The Morgan fingerprint density at radius 2 is 2.36 bits per heavy atom. The van der Waals surface area contributed by atoms with E-state index in [0.717, 1.165) is 5.52 Å². The minimum absolute atomic E-state index is 0.606. The molecule has 0 saturated carbocycles. The molecule has 4 nitrogen and oxygen atoms in total. The number of hydrogen-bond acceptors (Lipinski definition) is 3. The predicted molar refractivity (Wildman–Crippen MR) is 38.5 cm³/mol. The third-order valence-electron chi connectivity index (χ3n) is 1.43. The molecule has 4 heteroatoms. The quantitative estimate of drug-likeness (QED) is 0.548. The van der Waals surface area contributed by atoms with Crippen molar-refractivity contribution in [1.29, 1.82) is 5.26 Å². The molecular formula is C7H4N4. The van der Waals surface area contributed by atoms with Crippen molar-refractivity contribution in [2.75, 3.05) is 0 Å². The van der Waals surface area contributed by atoms with Gasteiger partial charge < -0.3 is 0 Å². The second-order valence-electron chi connectivity index (χ2n) is 2.06. The molecular weight excluding hydrogens is 140 g/mol. The van der Waals surface area contributed by atoms with Gasteiger partial charge >= 0.3 is 0 Å². The fraction of sp³-hybridized carbons (Fsp3) is 0.